The van der Waals surface area contributed by atoms with E-state index in [-0.39, 0.29) is 23.7 Å². The van der Waals surface area contributed by atoms with E-state index in [1.165, 1.54) is 12.3 Å². The summed E-state index contributed by atoms with van der Waals surface area (Å²) < 4.78 is 38.2. The Hall–Kier alpha value is -2.44. The summed E-state index contributed by atoms with van der Waals surface area (Å²) in [5.41, 5.74) is 0.564. The summed E-state index contributed by atoms with van der Waals surface area (Å²) in [6.07, 6.45) is -2.31. The fourth-order valence-electron chi connectivity index (χ4n) is 2.51. The highest BCUT2D eigenvalue weighted by Crippen LogP contribution is 2.48. The van der Waals surface area contributed by atoms with E-state index in [4.69, 9.17) is 0 Å². The molecule has 23 heavy (non-hydrogen) atoms. The number of nitrogens with zero attached hydrogens (tertiary/aromatic N) is 2. The van der Waals surface area contributed by atoms with Crippen LogP contribution in [0.2, 0.25) is 0 Å². The average molecular weight is 321 g/mol. The van der Waals surface area contributed by atoms with Crippen molar-refractivity contribution in [3.05, 3.63) is 53.3 Å². The number of anilines is 1. The zero-order valence-electron chi connectivity index (χ0n) is 12.3. The SMILES string of the molecule is Cc1ccnc(NC(=O)C2CC2c2cccc(C(F)(F)F)c2)n1. The number of benzene rings is 1. The number of aryl methyl sites for hydroxylation is 1. The fourth-order valence-corrected chi connectivity index (χ4v) is 2.51. The molecule has 1 aromatic heterocycles. The van der Waals surface area contributed by atoms with Gasteiger partial charge in [-0.05, 0) is 37.0 Å². The van der Waals surface area contributed by atoms with Crippen molar-refractivity contribution >= 4 is 11.9 Å². The molecular weight excluding hydrogens is 307 g/mol. The van der Waals surface area contributed by atoms with E-state index < -0.39 is 11.7 Å². The van der Waals surface area contributed by atoms with Crippen LogP contribution in [0.4, 0.5) is 19.1 Å². The van der Waals surface area contributed by atoms with Gasteiger partial charge in [0.1, 0.15) is 0 Å². The highest BCUT2D eigenvalue weighted by molar-refractivity contribution is 5.93. The number of hydrogen-bond donors (Lipinski definition) is 1. The minimum Gasteiger partial charge on any atom is -0.294 e. The van der Waals surface area contributed by atoms with Gasteiger partial charge in [0.15, 0.2) is 0 Å². The number of carbonyl (C=O) groups is 1. The van der Waals surface area contributed by atoms with E-state index in [0.717, 1.165) is 17.8 Å². The third-order valence-corrected chi connectivity index (χ3v) is 3.80. The van der Waals surface area contributed by atoms with Crippen molar-refractivity contribution in [1.29, 1.82) is 0 Å². The lowest BCUT2D eigenvalue weighted by Crippen LogP contribution is -2.16. The highest BCUT2D eigenvalue weighted by atomic mass is 19.4. The third kappa shape index (κ3) is 3.49. The van der Waals surface area contributed by atoms with Crippen molar-refractivity contribution in [3.63, 3.8) is 0 Å². The van der Waals surface area contributed by atoms with Gasteiger partial charge in [0.25, 0.3) is 0 Å². The Balaban J connectivity index is 1.68. The molecule has 1 amide bonds. The molecule has 4 nitrogen and oxygen atoms in total. The number of halogens is 3. The number of alkyl halides is 3. The van der Waals surface area contributed by atoms with Gasteiger partial charge in [0.2, 0.25) is 11.9 Å². The van der Waals surface area contributed by atoms with Gasteiger partial charge in [-0.3, -0.25) is 10.1 Å². The Labute approximate surface area is 130 Å². The van der Waals surface area contributed by atoms with E-state index in [0.29, 0.717) is 12.0 Å². The molecule has 0 radical (unpaired) electrons. The molecule has 120 valence electrons. The lowest BCUT2D eigenvalue weighted by molar-refractivity contribution is -0.137. The minimum atomic E-state index is -4.38. The first-order chi connectivity index (χ1) is 10.8. The van der Waals surface area contributed by atoms with Gasteiger partial charge in [-0.1, -0.05) is 18.2 Å². The molecule has 0 spiro atoms. The Morgan fingerprint density at radius 3 is 2.78 bits per heavy atom. The van der Waals surface area contributed by atoms with Gasteiger partial charge in [0, 0.05) is 17.8 Å². The second kappa shape index (κ2) is 5.64. The topological polar surface area (TPSA) is 54.9 Å². The number of carbonyl (C=O) groups excluding carboxylic acids is 1. The molecule has 0 saturated heterocycles. The van der Waals surface area contributed by atoms with E-state index in [1.54, 1.807) is 19.1 Å². The first-order valence-electron chi connectivity index (χ1n) is 7.12. The molecule has 1 aliphatic rings. The van der Waals surface area contributed by atoms with Crippen molar-refractivity contribution in [3.8, 4) is 0 Å². The van der Waals surface area contributed by atoms with Crippen molar-refractivity contribution in [2.45, 2.75) is 25.4 Å². The van der Waals surface area contributed by atoms with Gasteiger partial charge in [-0.2, -0.15) is 13.2 Å². The van der Waals surface area contributed by atoms with E-state index in [1.807, 2.05) is 0 Å². The quantitative estimate of drug-likeness (QED) is 0.940. The molecule has 2 atom stereocenters. The highest BCUT2D eigenvalue weighted by Gasteiger charge is 2.45. The van der Waals surface area contributed by atoms with Crippen LogP contribution in [0.5, 0.6) is 0 Å². The Morgan fingerprint density at radius 2 is 2.09 bits per heavy atom. The standard InChI is InChI=1S/C16H14F3N3O/c1-9-5-6-20-15(21-9)22-14(23)13-8-12(13)10-3-2-4-11(7-10)16(17,18)19/h2-7,12-13H,8H2,1H3,(H,20,21,22,23). The predicted octanol–water partition coefficient (Wildman–Crippen LogP) is 3.55. The van der Waals surface area contributed by atoms with Crippen molar-refractivity contribution in [2.24, 2.45) is 5.92 Å². The van der Waals surface area contributed by atoms with Gasteiger partial charge < -0.3 is 0 Å². The van der Waals surface area contributed by atoms with Crippen LogP contribution in [0.25, 0.3) is 0 Å². The average Bonchev–Trinajstić information content (AvgIpc) is 3.27. The zero-order chi connectivity index (χ0) is 16.6. The van der Waals surface area contributed by atoms with Crippen LogP contribution in [0.1, 0.15) is 29.2 Å². The second-order valence-electron chi connectivity index (χ2n) is 5.58. The van der Waals surface area contributed by atoms with Crippen LogP contribution in [0.15, 0.2) is 36.5 Å². The number of rotatable bonds is 3. The normalized spacial score (nSPS) is 20.2. The first kappa shape index (κ1) is 15.5. The molecule has 1 heterocycles. The van der Waals surface area contributed by atoms with E-state index in [9.17, 15) is 18.0 Å². The molecule has 7 heteroatoms. The molecule has 1 aliphatic carbocycles. The maximum atomic E-state index is 12.7. The molecule has 1 saturated carbocycles. The van der Waals surface area contributed by atoms with Crippen molar-refractivity contribution < 1.29 is 18.0 Å². The van der Waals surface area contributed by atoms with Gasteiger partial charge >= 0.3 is 6.18 Å². The predicted molar refractivity (Wildman–Crippen MR) is 77.7 cm³/mol. The second-order valence-corrected chi connectivity index (χ2v) is 5.58. The summed E-state index contributed by atoms with van der Waals surface area (Å²) in [6.45, 7) is 1.78. The molecule has 0 aliphatic heterocycles. The lowest BCUT2D eigenvalue weighted by atomic mass is 10.1. The minimum absolute atomic E-state index is 0.192. The van der Waals surface area contributed by atoms with Crippen LogP contribution < -0.4 is 5.32 Å². The maximum absolute atomic E-state index is 12.7. The summed E-state index contributed by atoms with van der Waals surface area (Å²) in [5.74, 6) is -0.590. The van der Waals surface area contributed by atoms with Crippen LogP contribution in [-0.2, 0) is 11.0 Å². The summed E-state index contributed by atoms with van der Waals surface area (Å²) >= 11 is 0. The Kier molecular flexibility index (Phi) is 3.79. The molecule has 2 unspecified atom stereocenters. The molecule has 3 rings (SSSR count). The van der Waals surface area contributed by atoms with Crippen molar-refractivity contribution in [2.75, 3.05) is 5.32 Å². The smallest absolute Gasteiger partial charge is 0.294 e. The van der Waals surface area contributed by atoms with Crippen LogP contribution in [0.3, 0.4) is 0 Å². The van der Waals surface area contributed by atoms with Gasteiger partial charge in [-0.15, -0.1) is 0 Å². The number of amides is 1. The van der Waals surface area contributed by atoms with E-state index in [2.05, 4.69) is 15.3 Å². The monoisotopic (exact) mass is 321 g/mol. The zero-order valence-corrected chi connectivity index (χ0v) is 12.3. The molecule has 2 aromatic rings. The van der Waals surface area contributed by atoms with Crippen LogP contribution in [-0.4, -0.2) is 15.9 Å². The summed E-state index contributed by atoms with van der Waals surface area (Å²) in [5, 5.41) is 2.61. The number of aromatic nitrogens is 2. The number of nitrogens with one attached hydrogen (secondary N) is 1. The largest absolute Gasteiger partial charge is 0.416 e. The molecular formula is C16H14F3N3O. The summed E-state index contributed by atoms with van der Waals surface area (Å²) in [6, 6.07) is 6.84. The van der Waals surface area contributed by atoms with Gasteiger partial charge in [0.05, 0.1) is 5.56 Å². The van der Waals surface area contributed by atoms with E-state index >= 15 is 0 Å². The Bertz CT molecular complexity index is 745. The summed E-state index contributed by atoms with van der Waals surface area (Å²) in [7, 11) is 0. The third-order valence-electron chi connectivity index (χ3n) is 3.80. The maximum Gasteiger partial charge on any atom is 0.416 e. The van der Waals surface area contributed by atoms with Crippen LogP contribution in [0, 0.1) is 12.8 Å². The fraction of sp³-hybridized carbons (Fsp3) is 0.312. The Morgan fingerprint density at radius 1 is 1.30 bits per heavy atom. The first-order valence-corrected chi connectivity index (χ1v) is 7.12. The summed E-state index contributed by atoms with van der Waals surface area (Å²) in [4.78, 5) is 20.2. The van der Waals surface area contributed by atoms with Crippen LogP contribution >= 0.6 is 0 Å². The number of hydrogen-bond acceptors (Lipinski definition) is 3. The molecule has 0 bridgehead atoms. The lowest BCUT2D eigenvalue weighted by Gasteiger charge is -2.08. The molecule has 1 aromatic carbocycles. The van der Waals surface area contributed by atoms with Gasteiger partial charge in [-0.25, -0.2) is 9.97 Å². The molecule has 1 fully saturated rings. The van der Waals surface area contributed by atoms with Crippen molar-refractivity contribution in [1.82, 2.24) is 9.97 Å². The molecule has 1 N–H and O–H groups in total.